The van der Waals surface area contributed by atoms with Gasteiger partial charge in [-0.3, -0.25) is 0 Å². The zero-order chi connectivity index (χ0) is 65.6. The van der Waals surface area contributed by atoms with Gasteiger partial charge in [-0.25, -0.2) is 15.0 Å². The topological polar surface area (TPSA) is 120 Å². The summed E-state index contributed by atoms with van der Waals surface area (Å²) in [6.45, 7) is 0. The van der Waals surface area contributed by atoms with E-state index in [1.54, 1.807) is 0 Å². The number of fused-ring (bicyclic) bond motifs is 6. The van der Waals surface area contributed by atoms with Crippen LogP contribution in [0.4, 0.5) is 0 Å². The molecule has 8 nitrogen and oxygen atoms in total. The molecule has 0 spiro atoms. The van der Waals surface area contributed by atoms with Gasteiger partial charge in [-0.15, -0.1) is 0 Å². The van der Waals surface area contributed by atoms with E-state index in [1.807, 2.05) is 121 Å². The van der Waals surface area contributed by atoms with E-state index in [-0.39, 0.29) is 0 Å². The second-order valence-electron chi connectivity index (χ2n) is 24.4. The molecule has 8 heteroatoms. The number of nitrogens with zero attached hydrogens (tertiary/aromatic N) is 8. The Balaban J connectivity index is 0.898. The Kier molecular flexibility index (Phi) is 14.5. The lowest BCUT2D eigenvalue weighted by atomic mass is 9.93. The van der Waals surface area contributed by atoms with E-state index < -0.39 is 0 Å². The average molecular weight is 1250 g/mol. The third-order valence-electron chi connectivity index (χ3n) is 18.8. The van der Waals surface area contributed by atoms with E-state index in [4.69, 9.17) is 15.0 Å². The number of hydrogen-bond acceptors (Lipinski definition) is 6. The van der Waals surface area contributed by atoms with Crippen LogP contribution in [0.25, 0.3) is 167 Å². The first-order valence-corrected chi connectivity index (χ1v) is 32.5. The number of hydrogen-bond donors (Lipinski definition) is 0. The molecule has 14 aromatic carbocycles. The Morgan fingerprint density at radius 1 is 0.204 bits per heavy atom. The normalized spacial score (nSPS) is 11.2. The van der Waals surface area contributed by atoms with Gasteiger partial charge < -0.3 is 9.13 Å². The smallest absolute Gasteiger partial charge is 0.164 e. The molecule has 0 aliphatic heterocycles. The van der Waals surface area contributed by atoms with Gasteiger partial charge in [0.15, 0.2) is 17.5 Å². The van der Waals surface area contributed by atoms with Gasteiger partial charge in [0.1, 0.15) is 0 Å². The number of nitriles is 3. The van der Waals surface area contributed by atoms with Crippen molar-refractivity contribution in [2.45, 2.75) is 0 Å². The van der Waals surface area contributed by atoms with Gasteiger partial charge >= 0.3 is 0 Å². The molecule has 454 valence electrons. The van der Waals surface area contributed by atoms with Crippen molar-refractivity contribution in [3.63, 3.8) is 0 Å². The second-order valence-corrected chi connectivity index (χ2v) is 24.4. The summed E-state index contributed by atoms with van der Waals surface area (Å²) >= 11 is 0. The maximum atomic E-state index is 11.0. The Bertz CT molecular complexity index is 5610. The summed E-state index contributed by atoms with van der Waals surface area (Å²) in [5, 5.41) is 36.6. The van der Waals surface area contributed by atoms with Crippen LogP contribution in [0, 0.1) is 34.0 Å². The minimum absolute atomic E-state index is 0.370. The highest BCUT2D eigenvalue weighted by molar-refractivity contribution is 6.13. The largest absolute Gasteiger partial charge is 0.309 e. The molecular weight excluding hydrogens is 1190 g/mol. The molecule has 0 amide bonds. The minimum Gasteiger partial charge on any atom is -0.309 e. The molecule has 0 N–H and O–H groups in total. The molecule has 0 aliphatic rings. The molecule has 0 bridgehead atoms. The third-order valence-corrected chi connectivity index (χ3v) is 18.8. The monoisotopic (exact) mass is 1250 g/mol. The van der Waals surface area contributed by atoms with Gasteiger partial charge in [0.2, 0.25) is 0 Å². The van der Waals surface area contributed by atoms with E-state index in [1.165, 1.54) is 0 Å². The van der Waals surface area contributed by atoms with Crippen LogP contribution in [0.5, 0.6) is 0 Å². The summed E-state index contributed by atoms with van der Waals surface area (Å²) in [5.74, 6) is 1.14. The van der Waals surface area contributed by atoms with Crippen LogP contribution in [0.3, 0.4) is 0 Å². The van der Waals surface area contributed by atoms with E-state index in [0.29, 0.717) is 62.0 Å². The molecule has 98 heavy (non-hydrogen) atoms. The molecule has 3 aromatic heterocycles. The average Bonchev–Trinajstić information content (AvgIpc) is 1.54. The van der Waals surface area contributed by atoms with Crippen LogP contribution >= 0.6 is 0 Å². The molecule has 0 atom stereocenters. The Labute approximate surface area is 566 Å². The molecule has 0 unspecified atom stereocenters. The van der Waals surface area contributed by atoms with Crippen LogP contribution in [0.2, 0.25) is 0 Å². The Hall–Kier alpha value is -13.8. The summed E-state index contributed by atoms with van der Waals surface area (Å²) in [6.07, 6.45) is 0. The maximum absolute atomic E-state index is 11.0. The van der Waals surface area contributed by atoms with E-state index >= 15 is 0 Å². The second kappa shape index (κ2) is 24.6. The standard InChI is InChI=1S/C90H54N8/c91-55-68-27-13-16-30-73(68)62-33-35-63(36-34-62)88-94-89(76-43-41-71(53-78(76)74-31-17-14-28-69(74)56-92)97-84-45-37-64(58-19-5-1-6-20-58)49-80(84)81-50-65(38-46-85(81)97)59-21-7-2-8-22-59)96-90(95-88)77-44-42-72(54-79(77)75-32-18-15-29-70(75)57-93)98-86-47-39-66(60-23-9-3-10-24-60)51-82(86)83-52-67(40-48-87(83)98)61-25-11-4-12-26-61/h1-54H. The predicted molar refractivity (Wildman–Crippen MR) is 397 cm³/mol. The first-order valence-electron chi connectivity index (χ1n) is 32.5. The van der Waals surface area contributed by atoms with Gasteiger partial charge in [-0.05, 0) is 170 Å². The fourth-order valence-electron chi connectivity index (χ4n) is 14.0. The molecular formula is C90H54N8. The van der Waals surface area contributed by atoms with E-state index in [9.17, 15) is 15.8 Å². The highest BCUT2D eigenvalue weighted by atomic mass is 15.0. The third kappa shape index (κ3) is 10.3. The van der Waals surface area contributed by atoms with Crippen molar-refractivity contribution in [3.05, 3.63) is 344 Å². The van der Waals surface area contributed by atoms with Crippen molar-refractivity contribution in [2.24, 2.45) is 0 Å². The molecule has 3 heterocycles. The molecule has 0 aliphatic carbocycles. The zero-order valence-corrected chi connectivity index (χ0v) is 52.8. The minimum atomic E-state index is 0.370. The van der Waals surface area contributed by atoms with Crippen LogP contribution in [-0.2, 0) is 0 Å². The lowest BCUT2D eigenvalue weighted by Crippen LogP contribution is -2.04. The van der Waals surface area contributed by atoms with Crippen LogP contribution in [0.15, 0.2) is 328 Å². The predicted octanol–water partition coefficient (Wildman–Crippen LogP) is 22.4. The van der Waals surface area contributed by atoms with Crippen molar-refractivity contribution < 1.29 is 0 Å². The highest BCUT2D eigenvalue weighted by Gasteiger charge is 2.25. The van der Waals surface area contributed by atoms with Crippen LogP contribution in [0.1, 0.15) is 16.7 Å². The van der Waals surface area contributed by atoms with Crippen molar-refractivity contribution in [1.82, 2.24) is 24.1 Å². The summed E-state index contributed by atoms with van der Waals surface area (Å²) in [6, 6.07) is 120. The molecule has 0 saturated carbocycles. The molecule has 0 radical (unpaired) electrons. The first kappa shape index (κ1) is 58.0. The first-order chi connectivity index (χ1) is 48.4. The fraction of sp³-hybridized carbons (Fsp3) is 0. The van der Waals surface area contributed by atoms with Crippen molar-refractivity contribution in [3.8, 4) is 142 Å². The number of benzene rings is 14. The zero-order valence-electron chi connectivity index (χ0n) is 52.8. The van der Waals surface area contributed by atoms with Gasteiger partial charge in [0.05, 0.1) is 57.0 Å². The van der Waals surface area contributed by atoms with Crippen molar-refractivity contribution >= 4 is 43.6 Å². The summed E-state index contributed by atoms with van der Waals surface area (Å²) in [5.41, 5.74) is 23.0. The summed E-state index contributed by atoms with van der Waals surface area (Å²) < 4.78 is 4.63. The van der Waals surface area contributed by atoms with Gasteiger partial charge in [-0.2, -0.15) is 15.8 Å². The maximum Gasteiger partial charge on any atom is 0.164 e. The molecule has 17 rings (SSSR count). The summed E-state index contributed by atoms with van der Waals surface area (Å²) in [4.78, 5) is 16.5. The quantitative estimate of drug-likeness (QED) is 0.120. The lowest BCUT2D eigenvalue weighted by Gasteiger charge is -2.18. The molecule has 0 fully saturated rings. The SMILES string of the molecule is N#Cc1ccccc1-c1ccc(-c2nc(-c3ccc(-n4c5ccc(-c6ccccc6)cc5c5cc(-c6ccccc6)ccc54)cc3-c3ccccc3C#N)nc(-c3ccc(-n4c5ccc(-c6ccccc6)cc5c5cc(-c6ccccc6)ccc54)cc3-c3ccccc3C#N)n2)cc1. The van der Waals surface area contributed by atoms with Crippen molar-refractivity contribution in [1.29, 1.82) is 15.8 Å². The Morgan fingerprint density at radius 3 is 0.837 bits per heavy atom. The fourth-order valence-corrected chi connectivity index (χ4v) is 14.0. The van der Waals surface area contributed by atoms with E-state index in [0.717, 1.165) is 122 Å². The van der Waals surface area contributed by atoms with E-state index in [2.05, 4.69) is 234 Å². The Morgan fingerprint density at radius 2 is 0.490 bits per heavy atom. The number of aromatic nitrogens is 5. The van der Waals surface area contributed by atoms with Gasteiger partial charge in [0.25, 0.3) is 0 Å². The van der Waals surface area contributed by atoms with Crippen LogP contribution in [-0.4, -0.2) is 24.1 Å². The number of rotatable bonds is 12. The molecule has 17 aromatic rings. The van der Waals surface area contributed by atoms with Gasteiger partial charge in [-0.1, -0.05) is 224 Å². The molecule has 0 saturated heterocycles. The van der Waals surface area contributed by atoms with Crippen LogP contribution < -0.4 is 0 Å². The van der Waals surface area contributed by atoms with Crippen molar-refractivity contribution in [2.75, 3.05) is 0 Å². The summed E-state index contributed by atoms with van der Waals surface area (Å²) in [7, 11) is 0. The van der Waals surface area contributed by atoms with Gasteiger partial charge in [0, 0.05) is 60.7 Å². The lowest BCUT2D eigenvalue weighted by molar-refractivity contribution is 1.07. The highest BCUT2D eigenvalue weighted by Crippen LogP contribution is 2.44.